The predicted octanol–water partition coefficient (Wildman–Crippen LogP) is 2.12. The van der Waals surface area contributed by atoms with Crippen molar-refractivity contribution in [1.29, 1.82) is 0 Å². The molecule has 2 unspecified atom stereocenters. The number of ether oxygens (including phenoxy) is 1. The molecule has 0 bridgehead atoms. The average Bonchev–Trinajstić information content (AvgIpc) is 2.06. The number of hydrogen-bond acceptors (Lipinski definition) is 3. The fraction of sp³-hybridized carbons (Fsp3) is 1.00. The molecule has 0 aliphatic carbocycles. The normalized spacial score (nSPS) is 32.2. The SMILES string of the molecule is CSCC1CCOCC1SC. The van der Waals surface area contributed by atoms with E-state index in [1.807, 2.05) is 23.5 Å². The highest BCUT2D eigenvalue weighted by Crippen LogP contribution is 2.27. The standard InChI is InChI=1S/C8H16OS2/c1-10-6-7-3-4-9-5-8(7)11-2/h7-8H,3-6H2,1-2H3. The molecule has 3 heteroatoms. The highest BCUT2D eigenvalue weighted by atomic mass is 32.2. The minimum absolute atomic E-state index is 0.746. The molecule has 1 aliphatic rings. The largest absolute Gasteiger partial charge is 0.380 e. The third-order valence-electron chi connectivity index (χ3n) is 2.12. The molecule has 0 spiro atoms. The van der Waals surface area contributed by atoms with Crippen molar-refractivity contribution in [3.63, 3.8) is 0 Å². The van der Waals surface area contributed by atoms with Crippen molar-refractivity contribution in [3.05, 3.63) is 0 Å². The Morgan fingerprint density at radius 1 is 1.45 bits per heavy atom. The van der Waals surface area contributed by atoms with E-state index in [9.17, 15) is 0 Å². The van der Waals surface area contributed by atoms with Crippen LogP contribution in [0.5, 0.6) is 0 Å². The van der Waals surface area contributed by atoms with Gasteiger partial charge in [-0.15, -0.1) is 0 Å². The maximum absolute atomic E-state index is 5.42. The lowest BCUT2D eigenvalue weighted by Gasteiger charge is -2.29. The van der Waals surface area contributed by atoms with Crippen molar-refractivity contribution < 1.29 is 4.74 Å². The lowest BCUT2D eigenvalue weighted by Crippen LogP contribution is -2.31. The lowest BCUT2D eigenvalue weighted by atomic mass is 10.0. The molecule has 0 radical (unpaired) electrons. The Bertz CT molecular complexity index is 106. The molecule has 1 nitrogen and oxygen atoms in total. The highest BCUT2D eigenvalue weighted by molar-refractivity contribution is 7.99. The van der Waals surface area contributed by atoms with Crippen molar-refractivity contribution in [1.82, 2.24) is 0 Å². The van der Waals surface area contributed by atoms with E-state index in [0.717, 1.165) is 24.4 Å². The van der Waals surface area contributed by atoms with Crippen LogP contribution < -0.4 is 0 Å². The van der Waals surface area contributed by atoms with Crippen molar-refractivity contribution in [3.8, 4) is 0 Å². The summed E-state index contributed by atoms with van der Waals surface area (Å²) in [5, 5.41) is 0.746. The Morgan fingerprint density at radius 2 is 2.27 bits per heavy atom. The van der Waals surface area contributed by atoms with Gasteiger partial charge in [-0.05, 0) is 30.6 Å². The molecule has 0 saturated carbocycles. The molecule has 0 aromatic carbocycles. The number of rotatable bonds is 3. The van der Waals surface area contributed by atoms with E-state index in [1.54, 1.807) is 0 Å². The Labute approximate surface area is 77.6 Å². The minimum atomic E-state index is 0.746. The average molecular weight is 192 g/mol. The molecule has 1 aliphatic heterocycles. The zero-order valence-corrected chi connectivity index (χ0v) is 8.84. The molecule has 2 atom stereocenters. The fourth-order valence-electron chi connectivity index (χ4n) is 1.42. The van der Waals surface area contributed by atoms with E-state index in [0.29, 0.717) is 0 Å². The smallest absolute Gasteiger partial charge is 0.0587 e. The summed E-state index contributed by atoms with van der Waals surface area (Å²) in [5.74, 6) is 2.18. The van der Waals surface area contributed by atoms with Gasteiger partial charge < -0.3 is 4.74 Å². The van der Waals surface area contributed by atoms with Crippen LogP contribution in [0.15, 0.2) is 0 Å². The van der Waals surface area contributed by atoms with Gasteiger partial charge in [-0.1, -0.05) is 0 Å². The maximum Gasteiger partial charge on any atom is 0.0587 e. The molecule has 1 heterocycles. The van der Waals surface area contributed by atoms with E-state index >= 15 is 0 Å². The zero-order chi connectivity index (χ0) is 8.10. The molecule has 1 fully saturated rings. The van der Waals surface area contributed by atoms with Crippen molar-refractivity contribution >= 4 is 23.5 Å². The van der Waals surface area contributed by atoms with Crippen LogP contribution in [0.3, 0.4) is 0 Å². The molecule has 1 rings (SSSR count). The summed E-state index contributed by atoms with van der Waals surface area (Å²) in [7, 11) is 0. The molecule has 0 aromatic rings. The fourth-order valence-corrected chi connectivity index (χ4v) is 3.22. The van der Waals surface area contributed by atoms with E-state index < -0.39 is 0 Å². The summed E-state index contributed by atoms with van der Waals surface area (Å²) in [4.78, 5) is 0. The second kappa shape index (κ2) is 5.33. The second-order valence-corrected chi connectivity index (χ2v) is 4.84. The van der Waals surface area contributed by atoms with Gasteiger partial charge in [0.1, 0.15) is 0 Å². The molecule has 66 valence electrons. The summed E-state index contributed by atoms with van der Waals surface area (Å²) in [6.45, 7) is 1.94. The Balaban J connectivity index is 2.31. The van der Waals surface area contributed by atoms with Crippen LogP contribution in [-0.4, -0.2) is 36.7 Å². The van der Waals surface area contributed by atoms with Crippen molar-refractivity contribution in [2.24, 2.45) is 5.92 Å². The molecular formula is C8H16OS2. The van der Waals surface area contributed by atoms with Crippen LogP contribution in [0, 0.1) is 5.92 Å². The summed E-state index contributed by atoms with van der Waals surface area (Å²) >= 11 is 3.91. The van der Waals surface area contributed by atoms with Crippen LogP contribution in [-0.2, 0) is 4.74 Å². The Morgan fingerprint density at radius 3 is 2.91 bits per heavy atom. The molecular weight excluding hydrogens is 176 g/mol. The van der Waals surface area contributed by atoms with Crippen LogP contribution in [0.4, 0.5) is 0 Å². The topological polar surface area (TPSA) is 9.23 Å². The first-order valence-corrected chi connectivity index (χ1v) is 6.66. The van der Waals surface area contributed by atoms with Crippen LogP contribution >= 0.6 is 23.5 Å². The molecule has 11 heavy (non-hydrogen) atoms. The van der Waals surface area contributed by atoms with Gasteiger partial charge >= 0.3 is 0 Å². The van der Waals surface area contributed by atoms with Crippen molar-refractivity contribution in [2.45, 2.75) is 11.7 Å². The molecule has 0 amide bonds. The van der Waals surface area contributed by atoms with Crippen LogP contribution in [0.25, 0.3) is 0 Å². The number of hydrogen-bond donors (Lipinski definition) is 0. The molecule has 0 N–H and O–H groups in total. The second-order valence-electron chi connectivity index (χ2n) is 2.85. The van der Waals surface area contributed by atoms with E-state index in [2.05, 4.69) is 12.5 Å². The predicted molar refractivity (Wildman–Crippen MR) is 54.6 cm³/mol. The number of thioether (sulfide) groups is 2. The Hall–Kier alpha value is 0.660. The van der Waals surface area contributed by atoms with Gasteiger partial charge in [0, 0.05) is 11.9 Å². The first kappa shape index (κ1) is 9.75. The Kier molecular flexibility index (Phi) is 4.72. The van der Waals surface area contributed by atoms with Crippen LogP contribution in [0.2, 0.25) is 0 Å². The van der Waals surface area contributed by atoms with Crippen molar-refractivity contribution in [2.75, 3.05) is 31.5 Å². The van der Waals surface area contributed by atoms with Gasteiger partial charge in [-0.2, -0.15) is 23.5 Å². The summed E-state index contributed by atoms with van der Waals surface area (Å²) in [6.07, 6.45) is 5.63. The van der Waals surface area contributed by atoms with Gasteiger partial charge in [0.2, 0.25) is 0 Å². The third kappa shape index (κ3) is 2.88. The lowest BCUT2D eigenvalue weighted by molar-refractivity contribution is 0.0784. The van der Waals surface area contributed by atoms with E-state index in [1.165, 1.54) is 12.2 Å². The summed E-state index contributed by atoms with van der Waals surface area (Å²) < 4.78 is 5.42. The van der Waals surface area contributed by atoms with Gasteiger partial charge in [0.15, 0.2) is 0 Å². The maximum atomic E-state index is 5.42. The van der Waals surface area contributed by atoms with E-state index in [4.69, 9.17) is 4.74 Å². The zero-order valence-electron chi connectivity index (χ0n) is 7.21. The first-order valence-electron chi connectivity index (χ1n) is 3.98. The highest BCUT2D eigenvalue weighted by Gasteiger charge is 2.23. The van der Waals surface area contributed by atoms with Gasteiger partial charge in [-0.3, -0.25) is 0 Å². The van der Waals surface area contributed by atoms with E-state index in [-0.39, 0.29) is 0 Å². The first-order chi connectivity index (χ1) is 5.38. The van der Waals surface area contributed by atoms with Gasteiger partial charge in [-0.25, -0.2) is 0 Å². The monoisotopic (exact) mass is 192 g/mol. The molecule has 0 aromatic heterocycles. The summed E-state index contributed by atoms with van der Waals surface area (Å²) in [5.41, 5.74) is 0. The third-order valence-corrected chi connectivity index (χ3v) is 4.01. The minimum Gasteiger partial charge on any atom is -0.380 e. The van der Waals surface area contributed by atoms with Crippen LogP contribution in [0.1, 0.15) is 6.42 Å². The van der Waals surface area contributed by atoms with Gasteiger partial charge in [0.25, 0.3) is 0 Å². The van der Waals surface area contributed by atoms with Gasteiger partial charge in [0.05, 0.1) is 6.61 Å². The quantitative estimate of drug-likeness (QED) is 0.678. The molecule has 1 saturated heterocycles. The summed E-state index contributed by atoms with van der Waals surface area (Å²) in [6, 6.07) is 0.